The molecule has 0 fully saturated rings. The summed E-state index contributed by atoms with van der Waals surface area (Å²) in [7, 11) is 2.14. The van der Waals surface area contributed by atoms with E-state index in [1.54, 1.807) is 0 Å². The molecule has 1 rings (SSSR count). The van der Waals surface area contributed by atoms with Gasteiger partial charge in [-0.15, -0.1) is 23.5 Å². The van der Waals surface area contributed by atoms with Gasteiger partial charge in [-0.3, -0.25) is 9.59 Å². The summed E-state index contributed by atoms with van der Waals surface area (Å²) in [5.74, 6) is -8.97. The molecule has 0 aliphatic carbocycles. The van der Waals surface area contributed by atoms with Crippen molar-refractivity contribution in [3.05, 3.63) is 23.3 Å². The van der Waals surface area contributed by atoms with Crippen LogP contribution in [0.4, 0.5) is 17.6 Å². The Hall–Kier alpha value is -1.50. The fourth-order valence-corrected chi connectivity index (χ4v) is 3.46. The molecule has 2 atom stereocenters. The fraction of sp³-hybridized carbons (Fsp3) is 0.429. The number of carbonyl (C=O) groups is 2. The van der Waals surface area contributed by atoms with Crippen molar-refractivity contribution in [2.45, 2.75) is 21.9 Å². The number of hydrogen-bond acceptors (Lipinski definition) is 8. The van der Waals surface area contributed by atoms with Gasteiger partial charge in [0.15, 0.2) is 23.3 Å². The molecule has 0 bridgehead atoms. The third-order valence-corrected chi connectivity index (χ3v) is 5.35. The maximum Gasteiger partial charge on any atom is 0.323 e. The molecule has 1 aromatic rings. The second-order valence-corrected chi connectivity index (χ2v) is 6.86. The average molecular weight is 416 g/mol. The van der Waals surface area contributed by atoms with Crippen LogP contribution < -0.4 is 11.5 Å². The van der Waals surface area contributed by atoms with Crippen LogP contribution in [0.2, 0.25) is 0 Å². The zero-order valence-electron chi connectivity index (χ0n) is 13.7. The summed E-state index contributed by atoms with van der Waals surface area (Å²) in [5.41, 5.74) is 10.8. The predicted molar refractivity (Wildman–Crippen MR) is 87.7 cm³/mol. The van der Waals surface area contributed by atoms with E-state index >= 15 is 0 Å². The van der Waals surface area contributed by atoms with Crippen molar-refractivity contribution in [3.8, 4) is 0 Å². The van der Waals surface area contributed by atoms with E-state index in [9.17, 15) is 27.2 Å². The van der Waals surface area contributed by atoms with E-state index in [1.807, 2.05) is 0 Å². The van der Waals surface area contributed by atoms with Crippen molar-refractivity contribution in [1.82, 2.24) is 0 Å². The molecular weight excluding hydrogens is 400 g/mol. The topological polar surface area (TPSA) is 105 Å². The summed E-state index contributed by atoms with van der Waals surface area (Å²) in [4.78, 5) is 20.4. The monoisotopic (exact) mass is 416 g/mol. The number of halogens is 4. The molecule has 0 saturated heterocycles. The normalized spacial score (nSPS) is 13.2. The minimum Gasteiger partial charge on any atom is -0.468 e. The zero-order valence-corrected chi connectivity index (χ0v) is 15.3. The van der Waals surface area contributed by atoms with Crippen LogP contribution in [0.3, 0.4) is 0 Å². The molecule has 26 heavy (non-hydrogen) atoms. The molecule has 0 heterocycles. The number of thioether (sulfide) groups is 2. The van der Waals surface area contributed by atoms with Crippen molar-refractivity contribution < 1.29 is 36.6 Å². The lowest BCUT2D eigenvalue weighted by Gasteiger charge is -2.14. The Morgan fingerprint density at radius 3 is 1.31 bits per heavy atom. The van der Waals surface area contributed by atoms with Gasteiger partial charge < -0.3 is 20.9 Å². The van der Waals surface area contributed by atoms with Gasteiger partial charge in [0.05, 0.1) is 24.0 Å². The SMILES string of the molecule is COC(=O)[C@@H](N)CSc1c(F)c(F)c(SC[C@H](N)C(=O)OC)c(F)c1F. The largest absolute Gasteiger partial charge is 0.468 e. The Balaban J connectivity index is 3.02. The number of rotatable bonds is 8. The molecule has 6 nitrogen and oxygen atoms in total. The number of hydrogen-bond donors (Lipinski definition) is 2. The fourth-order valence-electron chi connectivity index (χ4n) is 1.63. The van der Waals surface area contributed by atoms with Gasteiger partial charge in [0.1, 0.15) is 12.1 Å². The summed E-state index contributed by atoms with van der Waals surface area (Å²) in [5, 5.41) is 0. The highest BCUT2D eigenvalue weighted by atomic mass is 32.2. The van der Waals surface area contributed by atoms with Crippen LogP contribution in [-0.4, -0.2) is 49.7 Å². The Morgan fingerprint density at radius 2 is 1.08 bits per heavy atom. The highest BCUT2D eigenvalue weighted by molar-refractivity contribution is 7.99. The molecule has 4 N–H and O–H groups in total. The number of methoxy groups -OCH3 is 2. The van der Waals surface area contributed by atoms with E-state index in [0.717, 1.165) is 14.2 Å². The number of nitrogens with two attached hydrogens (primary N) is 2. The van der Waals surface area contributed by atoms with Gasteiger partial charge in [0.2, 0.25) is 0 Å². The van der Waals surface area contributed by atoms with Crippen molar-refractivity contribution in [1.29, 1.82) is 0 Å². The quantitative estimate of drug-likeness (QED) is 0.284. The van der Waals surface area contributed by atoms with E-state index in [2.05, 4.69) is 9.47 Å². The Morgan fingerprint density at radius 1 is 0.808 bits per heavy atom. The van der Waals surface area contributed by atoms with Crippen LogP contribution in [0.1, 0.15) is 0 Å². The maximum atomic E-state index is 14.1. The molecule has 0 radical (unpaired) electrons. The summed E-state index contributed by atoms with van der Waals surface area (Å²) < 4.78 is 65.0. The van der Waals surface area contributed by atoms with Gasteiger partial charge >= 0.3 is 11.9 Å². The highest BCUT2D eigenvalue weighted by Crippen LogP contribution is 2.36. The van der Waals surface area contributed by atoms with Gasteiger partial charge in [-0.05, 0) is 0 Å². The average Bonchev–Trinajstić information content (AvgIpc) is 2.64. The minimum atomic E-state index is -1.64. The van der Waals surface area contributed by atoms with Gasteiger partial charge in [-0.1, -0.05) is 0 Å². The summed E-state index contributed by atoms with van der Waals surface area (Å²) in [6, 6.07) is -2.47. The number of carbonyl (C=O) groups excluding carboxylic acids is 2. The van der Waals surface area contributed by atoms with Gasteiger partial charge in [-0.2, -0.15) is 0 Å². The molecule has 0 aliphatic heterocycles. The van der Waals surface area contributed by atoms with Gasteiger partial charge in [-0.25, -0.2) is 17.6 Å². The molecule has 0 unspecified atom stereocenters. The van der Waals surface area contributed by atoms with Crippen LogP contribution in [0.15, 0.2) is 9.79 Å². The van der Waals surface area contributed by atoms with E-state index in [4.69, 9.17) is 11.5 Å². The van der Waals surface area contributed by atoms with E-state index in [0.29, 0.717) is 23.5 Å². The molecule has 0 saturated carbocycles. The summed E-state index contributed by atoms with van der Waals surface area (Å²) in [6.07, 6.45) is 0. The maximum absolute atomic E-state index is 14.1. The molecule has 0 aromatic heterocycles. The third-order valence-electron chi connectivity index (χ3n) is 3.01. The van der Waals surface area contributed by atoms with Crippen LogP contribution in [-0.2, 0) is 19.1 Å². The number of ether oxygens (including phenoxy) is 2. The first-order valence-electron chi connectivity index (χ1n) is 6.94. The standard InChI is InChI=1S/C14H16F4N2O4S2/c1-23-13(21)5(19)3-25-11-7(15)9(17)12(10(18)8(11)16)26-4-6(20)14(22)24-2/h5-6H,3-4,19-20H2,1-2H3/t5-,6-/m0/s1. The molecule has 12 heteroatoms. The van der Waals surface area contributed by atoms with Crippen LogP contribution in [0.5, 0.6) is 0 Å². The van der Waals surface area contributed by atoms with Crippen molar-refractivity contribution in [3.63, 3.8) is 0 Å². The first-order valence-corrected chi connectivity index (χ1v) is 8.91. The van der Waals surface area contributed by atoms with Crippen LogP contribution >= 0.6 is 23.5 Å². The molecule has 0 amide bonds. The lowest BCUT2D eigenvalue weighted by atomic mass is 10.3. The molecule has 0 spiro atoms. The van der Waals surface area contributed by atoms with Gasteiger partial charge in [0, 0.05) is 11.5 Å². The Bertz CT molecular complexity index is 607. The second kappa shape index (κ2) is 10.00. The lowest BCUT2D eigenvalue weighted by Crippen LogP contribution is -2.34. The minimum absolute atomic E-state index is 0.332. The second-order valence-electron chi connectivity index (χ2n) is 4.80. The van der Waals surface area contributed by atoms with Gasteiger partial charge in [0.25, 0.3) is 0 Å². The summed E-state index contributed by atoms with van der Waals surface area (Å²) >= 11 is 0.663. The van der Waals surface area contributed by atoms with E-state index < -0.39 is 57.1 Å². The van der Waals surface area contributed by atoms with Crippen LogP contribution in [0.25, 0.3) is 0 Å². The summed E-state index contributed by atoms with van der Waals surface area (Å²) in [6.45, 7) is 0. The number of benzene rings is 1. The van der Waals surface area contributed by atoms with Crippen molar-refractivity contribution in [2.75, 3.05) is 25.7 Å². The molecule has 0 aliphatic rings. The Kier molecular flexibility index (Phi) is 8.67. The first-order chi connectivity index (χ1) is 12.1. The van der Waals surface area contributed by atoms with E-state index in [-0.39, 0.29) is 11.5 Å². The smallest absolute Gasteiger partial charge is 0.323 e. The third kappa shape index (κ3) is 5.25. The zero-order chi connectivity index (χ0) is 20.0. The Labute approximate surface area is 154 Å². The lowest BCUT2D eigenvalue weighted by molar-refractivity contribution is -0.142. The van der Waals surface area contributed by atoms with Crippen molar-refractivity contribution in [2.24, 2.45) is 11.5 Å². The predicted octanol–water partition coefficient (Wildman–Crippen LogP) is 1.43. The molecular formula is C14H16F4N2O4S2. The van der Waals surface area contributed by atoms with E-state index in [1.165, 1.54) is 0 Å². The van der Waals surface area contributed by atoms with Crippen LogP contribution in [0, 0.1) is 23.3 Å². The van der Waals surface area contributed by atoms with Crippen molar-refractivity contribution >= 4 is 35.5 Å². The highest BCUT2D eigenvalue weighted by Gasteiger charge is 2.28. The molecule has 146 valence electrons. The molecule has 1 aromatic carbocycles. The number of esters is 2. The first kappa shape index (κ1) is 22.5.